The summed E-state index contributed by atoms with van der Waals surface area (Å²) in [4.78, 5) is 12.4. The molecule has 0 spiro atoms. The van der Waals surface area contributed by atoms with Crippen molar-refractivity contribution in [2.24, 2.45) is 0 Å². The van der Waals surface area contributed by atoms with E-state index in [1.54, 1.807) is 26.4 Å². The maximum absolute atomic E-state index is 12.4. The van der Waals surface area contributed by atoms with Crippen LogP contribution in [0, 0.1) is 13.8 Å². The van der Waals surface area contributed by atoms with Gasteiger partial charge in [-0.05, 0) is 37.1 Å². The predicted molar refractivity (Wildman–Crippen MR) is 86.6 cm³/mol. The number of ether oxygens (including phenoxy) is 2. The van der Waals surface area contributed by atoms with Crippen molar-refractivity contribution in [2.75, 3.05) is 14.2 Å². The Bertz CT molecular complexity index is 680. The van der Waals surface area contributed by atoms with Gasteiger partial charge >= 0.3 is 0 Å². The summed E-state index contributed by atoms with van der Waals surface area (Å²) < 4.78 is 10.6. The van der Waals surface area contributed by atoms with Crippen LogP contribution in [0.1, 0.15) is 27.0 Å². The molecule has 0 heterocycles. The zero-order valence-corrected chi connectivity index (χ0v) is 13.4. The highest BCUT2D eigenvalue weighted by molar-refractivity contribution is 5.97. The highest BCUT2D eigenvalue weighted by Crippen LogP contribution is 2.28. The zero-order chi connectivity index (χ0) is 16.1. The molecule has 0 radical (unpaired) electrons. The lowest BCUT2D eigenvalue weighted by Gasteiger charge is -2.13. The minimum absolute atomic E-state index is 0.184. The van der Waals surface area contributed by atoms with Crippen LogP contribution in [0.15, 0.2) is 36.4 Å². The van der Waals surface area contributed by atoms with Gasteiger partial charge in [-0.25, -0.2) is 0 Å². The Morgan fingerprint density at radius 3 is 2.41 bits per heavy atom. The van der Waals surface area contributed by atoms with Crippen molar-refractivity contribution in [2.45, 2.75) is 20.4 Å². The topological polar surface area (TPSA) is 47.6 Å². The van der Waals surface area contributed by atoms with E-state index in [9.17, 15) is 4.79 Å². The molecule has 0 aromatic heterocycles. The van der Waals surface area contributed by atoms with E-state index in [0.717, 1.165) is 11.1 Å². The summed E-state index contributed by atoms with van der Waals surface area (Å²) >= 11 is 0. The molecule has 0 unspecified atom stereocenters. The van der Waals surface area contributed by atoms with Gasteiger partial charge in [0.2, 0.25) is 0 Å². The monoisotopic (exact) mass is 299 g/mol. The Balaban J connectivity index is 2.18. The number of carbonyl (C=O) groups excluding carboxylic acids is 1. The van der Waals surface area contributed by atoms with Crippen LogP contribution < -0.4 is 14.8 Å². The van der Waals surface area contributed by atoms with E-state index in [-0.39, 0.29) is 5.91 Å². The molecule has 2 aromatic carbocycles. The molecule has 0 aliphatic carbocycles. The van der Waals surface area contributed by atoms with E-state index >= 15 is 0 Å². The fourth-order valence-corrected chi connectivity index (χ4v) is 2.33. The van der Waals surface area contributed by atoms with Crippen molar-refractivity contribution < 1.29 is 14.3 Å². The SMILES string of the molecule is COc1cc(C(=O)NCc2cccc(C)c2)c(OC)cc1C. The van der Waals surface area contributed by atoms with E-state index in [1.807, 2.05) is 38.1 Å². The maximum atomic E-state index is 12.4. The van der Waals surface area contributed by atoms with Crippen LogP contribution >= 0.6 is 0 Å². The number of hydrogen-bond donors (Lipinski definition) is 1. The van der Waals surface area contributed by atoms with Crippen LogP contribution in [0.25, 0.3) is 0 Å². The molecule has 1 N–H and O–H groups in total. The molecule has 0 aliphatic heterocycles. The number of benzene rings is 2. The van der Waals surface area contributed by atoms with Gasteiger partial charge in [-0.1, -0.05) is 29.8 Å². The van der Waals surface area contributed by atoms with Crippen LogP contribution in [0.5, 0.6) is 11.5 Å². The second-order valence-electron chi connectivity index (χ2n) is 5.19. The van der Waals surface area contributed by atoms with E-state index in [1.165, 1.54) is 5.56 Å². The van der Waals surface area contributed by atoms with Crippen molar-refractivity contribution in [3.63, 3.8) is 0 Å². The average Bonchev–Trinajstić information content (AvgIpc) is 2.52. The summed E-state index contributed by atoms with van der Waals surface area (Å²) in [6.45, 7) is 4.41. The average molecular weight is 299 g/mol. The zero-order valence-electron chi connectivity index (χ0n) is 13.4. The molecule has 116 valence electrons. The summed E-state index contributed by atoms with van der Waals surface area (Å²) in [6.07, 6.45) is 0. The minimum atomic E-state index is -0.184. The molecule has 0 aliphatic rings. The smallest absolute Gasteiger partial charge is 0.255 e. The van der Waals surface area contributed by atoms with E-state index in [0.29, 0.717) is 23.6 Å². The third kappa shape index (κ3) is 3.58. The molecule has 0 atom stereocenters. The second kappa shape index (κ2) is 6.98. The molecule has 2 aromatic rings. The first-order chi connectivity index (χ1) is 10.5. The maximum Gasteiger partial charge on any atom is 0.255 e. The summed E-state index contributed by atoms with van der Waals surface area (Å²) in [5, 5.41) is 2.91. The molecule has 22 heavy (non-hydrogen) atoms. The van der Waals surface area contributed by atoms with E-state index in [4.69, 9.17) is 9.47 Å². The third-order valence-electron chi connectivity index (χ3n) is 3.50. The number of hydrogen-bond acceptors (Lipinski definition) is 3. The van der Waals surface area contributed by atoms with Crippen molar-refractivity contribution in [1.82, 2.24) is 5.32 Å². The standard InChI is InChI=1S/C18H21NO3/c1-12-6-5-7-14(8-12)11-19-18(20)15-10-16(21-3)13(2)9-17(15)22-4/h5-10H,11H2,1-4H3,(H,19,20). The largest absolute Gasteiger partial charge is 0.496 e. The number of carbonyl (C=O) groups is 1. The first kappa shape index (κ1) is 15.9. The lowest BCUT2D eigenvalue weighted by atomic mass is 10.1. The van der Waals surface area contributed by atoms with Gasteiger partial charge in [0.05, 0.1) is 19.8 Å². The van der Waals surface area contributed by atoms with Crippen LogP contribution in [0.4, 0.5) is 0 Å². The van der Waals surface area contributed by atoms with Gasteiger partial charge in [-0.3, -0.25) is 4.79 Å². The normalized spacial score (nSPS) is 10.2. The van der Waals surface area contributed by atoms with Gasteiger partial charge in [-0.15, -0.1) is 0 Å². The Kier molecular flexibility index (Phi) is 5.04. The van der Waals surface area contributed by atoms with Gasteiger partial charge in [-0.2, -0.15) is 0 Å². The van der Waals surface area contributed by atoms with Gasteiger partial charge in [0, 0.05) is 6.54 Å². The summed E-state index contributed by atoms with van der Waals surface area (Å²) in [7, 11) is 3.14. The summed E-state index contributed by atoms with van der Waals surface area (Å²) in [6, 6.07) is 11.6. The molecule has 4 nitrogen and oxygen atoms in total. The lowest BCUT2D eigenvalue weighted by molar-refractivity contribution is 0.0947. The summed E-state index contributed by atoms with van der Waals surface area (Å²) in [5.74, 6) is 1.03. The number of aryl methyl sites for hydroxylation is 2. The van der Waals surface area contributed by atoms with Crippen molar-refractivity contribution in [3.8, 4) is 11.5 Å². The van der Waals surface area contributed by atoms with Gasteiger partial charge in [0.15, 0.2) is 0 Å². The number of rotatable bonds is 5. The second-order valence-corrected chi connectivity index (χ2v) is 5.19. The fourth-order valence-electron chi connectivity index (χ4n) is 2.33. The lowest BCUT2D eigenvalue weighted by Crippen LogP contribution is -2.23. The molecular weight excluding hydrogens is 278 g/mol. The first-order valence-electron chi connectivity index (χ1n) is 7.11. The molecule has 1 amide bonds. The molecule has 0 fully saturated rings. The van der Waals surface area contributed by atoms with Crippen molar-refractivity contribution >= 4 is 5.91 Å². The highest BCUT2D eigenvalue weighted by atomic mass is 16.5. The molecule has 0 bridgehead atoms. The van der Waals surface area contributed by atoms with E-state index < -0.39 is 0 Å². The van der Waals surface area contributed by atoms with Crippen LogP contribution in [0.3, 0.4) is 0 Å². The van der Waals surface area contributed by atoms with Gasteiger partial charge in [0.25, 0.3) is 5.91 Å². The quantitative estimate of drug-likeness (QED) is 0.922. The predicted octanol–water partition coefficient (Wildman–Crippen LogP) is 3.25. The first-order valence-corrected chi connectivity index (χ1v) is 7.11. The molecule has 2 rings (SSSR count). The number of amides is 1. The van der Waals surface area contributed by atoms with Crippen LogP contribution in [0.2, 0.25) is 0 Å². The Hall–Kier alpha value is -2.49. The Morgan fingerprint density at radius 2 is 1.77 bits per heavy atom. The van der Waals surface area contributed by atoms with Gasteiger partial charge < -0.3 is 14.8 Å². The van der Waals surface area contributed by atoms with Crippen LogP contribution in [-0.2, 0) is 6.54 Å². The molecular formula is C18H21NO3. The molecule has 4 heteroatoms. The van der Waals surface area contributed by atoms with Crippen LogP contribution in [-0.4, -0.2) is 20.1 Å². The fraction of sp³-hybridized carbons (Fsp3) is 0.278. The van der Waals surface area contributed by atoms with Crippen molar-refractivity contribution in [1.29, 1.82) is 0 Å². The third-order valence-corrected chi connectivity index (χ3v) is 3.50. The Morgan fingerprint density at radius 1 is 1.05 bits per heavy atom. The Labute approximate surface area is 131 Å². The number of methoxy groups -OCH3 is 2. The van der Waals surface area contributed by atoms with E-state index in [2.05, 4.69) is 5.32 Å². The number of nitrogens with one attached hydrogen (secondary N) is 1. The van der Waals surface area contributed by atoms with Gasteiger partial charge in [0.1, 0.15) is 11.5 Å². The minimum Gasteiger partial charge on any atom is -0.496 e. The molecule has 0 saturated heterocycles. The summed E-state index contributed by atoms with van der Waals surface area (Å²) in [5.41, 5.74) is 3.62. The van der Waals surface area contributed by atoms with Crippen molar-refractivity contribution in [3.05, 3.63) is 58.7 Å². The highest BCUT2D eigenvalue weighted by Gasteiger charge is 2.15. The molecule has 0 saturated carbocycles.